The van der Waals surface area contributed by atoms with Crippen molar-refractivity contribution in [1.82, 2.24) is 0 Å². The van der Waals surface area contributed by atoms with Gasteiger partial charge in [0.05, 0.1) is 10.2 Å². The highest BCUT2D eigenvalue weighted by molar-refractivity contribution is 9.10. The fraction of sp³-hybridized carbons (Fsp3) is 0.143. The highest BCUT2D eigenvalue weighted by Crippen LogP contribution is 2.24. The van der Waals surface area contributed by atoms with Crippen molar-refractivity contribution in [3.8, 4) is 5.75 Å². The van der Waals surface area contributed by atoms with Gasteiger partial charge in [-0.15, -0.1) is 0 Å². The fourth-order valence-electron chi connectivity index (χ4n) is 0.872. The number of primary sulfonamides is 1. The number of phenols is 1. The Bertz CT molecular complexity index is 416. The number of nitrogens with two attached hydrogens (primary N) is 1. The number of hydrogen-bond donors (Lipinski definition) is 2. The summed E-state index contributed by atoms with van der Waals surface area (Å²) in [5.74, 6) is -0.163. The van der Waals surface area contributed by atoms with Gasteiger partial charge in [-0.25, -0.2) is 13.6 Å². The Morgan fingerprint density at radius 2 is 2.08 bits per heavy atom. The second-order valence-electron chi connectivity index (χ2n) is 2.59. The molecule has 13 heavy (non-hydrogen) atoms. The van der Waals surface area contributed by atoms with Crippen LogP contribution in [0.2, 0.25) is 0 Å². The molecule has 72 valence electrons. The van der Waals surface area contributed by atoms with Crippen molar-refractivity contribution >= 4 is 26.0 Å². The summed E-state index contributed by atoms with van der Waals surface area (Å²) in [4.78, 5) is 0. The molecular weight excluding hydrogens is 258 g/mol. The lowest BCUT2D eigenvalue weighted by atomic mass is 10.2. The molecule has 0 saturated heterocycles. The van der Waals surface area contributed by atoms with Crippen LogP contribution in [0, 0.1) is 0 Å². The van der Waals surface area contributed by atoms with Crippen LogP contribution in [0.4, 0.5) is 0 Å². The van der Waals surface area contributed by atoms with Crippen LogP contribution in [0.15, 0.2) is 22.7 Å². The van der Waals surface area contributed by atoms with Gasteiger partial charge in [0.25, 0.3) is 0 Å². The topological polar surface area (TPSA) is 80.4 Å². The van der Waals surface area contributed by atoms with Crippen molar-refractivity contribution in [2.24, 2.45) is 5.14 Å². The van der Waals surface area contributed by atoms with Gasteiger partial charge in [0, 0.05) is 0 Å². The monoisotopic (exact) mass is 265 g/mol. The van der Waals surface area contributed by atoms with E-state index in [1.54, 1.807) is 0 Å². The first-order chi connectivity index (χ1) is 5.88. The lowest BCUT2D eigenvalue weighted by Gasteiger charge is -2.01. The largest absolute Gasteiger partial charge is 0.507 e. The number of hydrogen-bond acceptors (Lipinski definition) is 3. The Kier molecular flexibility index (Phi) is 2.94. The van der Waals surface area contributed by atoms with E-state index < -0.39 is 10.0 Å². The fourth-order valence-corrected chi connectivity index (χ4v) is 1.94. The molecule has 0 aliphatic heterocycles. The van der Waals surface area contributed by atoms with Gasteiger partial charge in [-0.2, -0.15) is 0 Å². The van der Waals surface area contributed by atoms with Crippen LogP contribution >= 0.6 is 15.9 Å². The number of benzene rings is 1. The van der Waals surface area contributed by atoms with Gasteiger partial charge in [0.1, 0.15) is 5.75 Å². The lowest BCUT2D eigenvalue weighted by Crippen LogP contribution is -2.14. The third-order valence-electron chi connectivity index (χ3n) is 1.38. The normalized spacial score (nSPS) is 11.5. The first kappa shape index (κ1) is 10.5. The minimum atomic E-state index is -3.51. The third-order valence-corrected chi connectivity index (χ3v) is 2.75. The minimum Gasteiger partial charge on any atom is -0.507 e. The molecular formula is C7H8BrNO3S. The Labute approximate surface area is 84.6 Å². The van der Waals surface area contributed by atoms with Crippen LogP contribution in [-0.2, 0) is 15.8 Å². The van der Waals surface area contributed by atoms with Crippen molar-refractivity contribution in [2.45, 2.75) is 5.75 Å². The first-order valence-electron chi connectivity index (χ1n) is 3.36. The molecule has 0 saturated carbocycles. The van der Waals surface area contributed by atoms with Gasteiger partial charge in [0.2, 0.25) is 10.0 Å². The van der Waals surface area contributed by atoms with Crippen LogP contribution in [0.1, 0.15) is 5.56 Å². The number of halogens is 1. The Balaban J connectivity index is 2.99. The quantitative estimate of drug-likeness (QED) is 0.836. The molecule has 0 bridgehead atoms. The highest BCUT2D eigenvalue weighted by Gasteiger charge is 2.06. The second kappa shape index (κ2) is 3.65. The van der Waals surface area contributed by atoms with Gasteiger partial charge >= 0.3 is 0 Å². The van der Waals surface area contributed by atoms with E-state index >= 15 is 0 Å². The van der Waals surface area contributed by atoms with Crippen molar-refractivity contribution in [2.75, 3.05) is 0 Å². The molecule has 0 unspecified atom stereocenters. The molecule has 1 aromatic carbocycles. The minimum absolute atomic E-state index is 0.0677. The van der Waals surface area contributed by atoms with E-state index in [9.17, 15) is 8.42 Å². The van der Waals surface area contributed by atoms with E-state index in [0.717, 1.165) is 0 Å². The van der Waals surface area contributed by atoms with Gasteiger partial charge in [-0.3, -0.25) is 0 Å². The van der Waals surface area contributed by atoms with E-state index in [-0.39, 0.29) is 11.5 Å². The van der Waals surface area contributed by atoms with Gasteiger partial charge < -0.3 is 5.11 Å². The van der Waals surface area contributed by atoms with E-state index in [0.29, 0.717) is 10.0 Å². The molecule has 3 N–H and O–H groups in total. The summed E-state index contributed by atoms with van der Waals surface area (Å²) in [7, 11) is -3.51. The van der Waals surface area contributed by atoms with E-state index in [4.69, 9.17) is 10.2 Å². The molecule has 0 spiro atoms. The maximum atomic E-state index is 10.7. The molecule has 0 amide bonds. The lowest BCUT2D eigenvalue weighted by molar-refractivity contribution is 0.471. The van der Waals surface area contributed by atoms with Crippen LogP contribution in [0.3, 0.4) is 0 Å². The summed E-state index contributed by atoms with van der Waals surface area (Å²) in [6.07, 6.45) is 0. The van der Waals surface area contributed by atoms with Crippen LogP contribution in [0.5, 0.6) is 5.75 Å². The Morgan fingerprint density at radius 3 is 2.54 bits per heavy atom. The number of phenolic OH excluding ortho intramolecular Hbond substituents is 1. The van der Waals surface area contributed by atoms with Crippen molar-refractivity contribution < 1.29 is 13.5 Å². The zero-order valence-corrected chi connectivity index (χ0v) is 8.97. The molecule has 0 aliphatic carbocycles. The second-order valence-corrected chi connectivity index (χ2v) is 5.06. The van der Waals surface area contributed by atoms with Crippen LogP contribution in [0.25, 0.3) is 0 Å². The highest BCUT2D eigenvalue weighted by atomic mass is 79.9. The summed E-state index contributed by atoms with van der Waals surface area (Å²) in [5, 5.41) is 14.0. The summed E-state index contributed by atoms with van der Waals surface area (Å²) in [6, 6.07) is 4.43. The SMILES string of the molecule is NS(=O)(=O)Cc1ccc(O)c(Br)c1. The molecule has 0 atom stereocenters. The van der Waals surface area contributed by atoms with Crippen LogP contribution in [-0.4, -0.2) is 13.5 Å². The molecule has 0 heterocycles. The van der Waals surface area contributed by atoms with Crippen molar-refractivity contribution in [1.29, 1.82) is 0 Å². The van der Waals surface area contributed by atoms with Crippen molar-refractivity contribution in [3.63, 3.8) is 0 Å². The molecule has 1 aromatic rings. The molecule has 1 rings (SSSR count). The molecule has 6 heteroatoms. The smallest absolute Gasteiger partial charge is 0.213 e. The zero-order valence-electron chi connectivity index (χ0n) is 6.57. The van der Waals surface area contributed by atoms with E-state index in [1.807, 2.05) is 0 Å². The van der Waals surface area contributed by atoms with Crippen LogP contribution < -0.4 is 5.14 Å². The molecule has 0 aromatic heterocycles. The first-order valence-corrected chi connectivity index (χ1v) is 5.87. The molecule has 0 aliphatic rings. The summed E-state index contributed by atoms with van der Waals surface area (Å²) in [5.41, 5.74) is 0.534. The summed E-state index contributed by atoms with van der Waals surface area (Å²) >= 11 is 3.07. The standard InChI is InChI=1S/C7H8BrNO3S/c8-6-3-5(1-2-7(6)10)4-13(9,11)12/h1-3,10H,4H2,(H2,9,11,12). The number of sulfonamides is 1. The molecule has 0 fully saturated rings. The summed E-state index contributed by atoms with van der Waals surface area (Å²) < 4.78 is 21.8. The third kappa shape index (κ3) is 3.33. The maximum Gasteiger partial charge on any atom is 0.213 e. The average Bonchev–Trinajstić information content (AvgIpc) is 1.94. The molecule has 4 nitrogen and oxygen atoms in total. The van der Waals surface area contributed by atoms with Crippen molar-refractivity contribution in [3.05, 3.63) is 28.2 Å². The van der Waals surface area contributed by atoms with E-state index in [1.165, 1.54) is 18.2 Å². The number of aromatic hydroxyl groups is 1. The zero-order chi connectivity index (χ0) is 10.1. The average molecular weight is 266 g/mol. The predicted molar refractivity (Wildman–Crippen MR) is 52.6 cm³/mol. The Morgan fingerprint density at radius 1 is 1.46 bits per heavy atom. The number of rotatable bonds is 2. The van der Waals surface area contributed by atoms with E-state index in [2.05, 4.69) is 15.9 Å². The molecule has 0 radical (unpaired) electrons. The van der Waals surface area contributed by atoms with Gasteiger partial charge in [-0.05, 0) is 33.6 Å². The van der Waals surface area contributed by atoms with Gasteiger partial charge in [-0.1, -0.05) is 6.07 Å². The maximum absolute atomic E-state index is 10.7. The van der Waals surface area contributed by atoms with Gasteiger partial charge in [0.15, 0.2) is 0 Å². The predicted octanol–water partition coefficient (Wildman–Crippen LogP) is 0.943. The Hall–Kier alpha value is -0.590. The summed E-state index contributed by atoms with van der Waals surface area (Å²) in [6.45, 7) is 0.